The zero-order valence-electron chi connectivity index (χ0n) is 13.0. The Labute approximate surface area is 134 Å². The molecule has 3 heterocycles. The number of hydrogen-bond donors (Lipinski definition) is 1. The topological polar surface area (TPSA) is 63.1 Å². The predicted octanol–water partition coefficient (Wildman–Crippen LogP) is 1.64. The molecule has 0 radical (unpaired) electrons. The maximum Gasteiger partial charge on any atom is 0.237 e. The number of thiazole rings is 1. The van der Waals surface area contributed by atoms with Gasteiger partial charge in [0.25, 0.3) is 0 Å². The third kappa shape index (κ3) is 3.36. The predicted molar refractivity (Wildman–Crippen MR) is 86.4 cm³/mol. The summed E-state index contributed by atoms with van der Waals surface area (Å²) in [6, 6.07) is 1.95. The van der Waals surface area contributed by atoms with E-state index in [1.54, 1.807) is 16.0 Å². The molecule has 1 aliphatic rings. The molecule has 1 aliphatic heterocycles. The zero-order valence-corrected chi connectivity index (χ0v) is 13.8. The first kappa shape index (κ1) is 15.2. The smallest absolute Gasteiger partial charge is 0.237 e. The van der Waals surface area contributed by atoms with Crippen molar-refractivity contribution in [3.63, 3.8) is 0 Å². The number of piperidine rings is 1. The van der Waals surface area contributed by atoms with Gasteiger partial charge in [0.1, 0.15) is 10.7 Å². The monoisotopic (exact) mass is 319 g/mol. The number of hydrogen-bond acceptors (Lipinski definition) is 5. The average Bonchev–Trinajstić information content (AvgIpc) is 3.14. The summed E-state index contributed by atoms with van der Waals surface area (Å²) in [7, 11) is 3.91. The molecule has 1 atom stereocenters. The molecule has 0 bridgehead atoms. The van der Waals surface area contributed by atoms with Gasteiger partial charge in [-0.15, -0.1) is 11.3 Å². The summed E-state index contributed by atoms with van der Waals surface area (Å²) in [6.07, 6.45) is 5.15. The van der Waals surface area contributed by atoms with E-state index in [2.05, 4.69) is 20.3 Å². The van der Waals surface area contributed by atoms with Crippen molar-refractivity contribution in [1.29, 1.82) is 0 Å². The third-order valence-electron chi connectivity index (χ3n) is 4.00. The van der Waals surface area contributed by atoms with Crippen molar-refractivity contribution < 1.29 is 4.79 Å². The SMILES string of the molecule is CN1CCCC[C@H]1C(=O)NCc1csc(-c2ccn(C)n2)n1. The van der Waals surface area contributed by atoms with Gasteiger partial charge >= 0.3 is 0 Å². The molecule has 1 N–H and O–H groups in total. The number of likely N-dealkylation sites (tertiary alicyclic amines) is 1. The van der Waals surface area contributed by atoms with Gasteiger partial charge in [0, 0.05) is 18.6 Å². The number of nitrogens with zero attached hydrogens (tertiary/aromatic N) is 4. The molecule has 0 spiro atoms. The molecular formula is C15H21N5OS. The van der Waals surface area contributed by atoms with Crippen LogP contribution in [0.15, 0.2) is 17.6 Å². The van der Waals surface area contributed by atoms with Crippen LogP contribution >= 0.6 is 11.3 Å². The molecule has 0 saturated carbocycles. The maximum atomic E-state index is 12.3. The van der Waals surface area contributed by atoms with Gasteiger partial charge in [0.05, 0.1) is 18.3 Å². The fourth-order valence-electron chi connectivity index (χ4n) is 2.74. The first-order chi connectivity index (χ1) is 10.6. The van der Waals surface area contributed by atoms with Gasteiger partial charge in [-0.2, -0.15) is 5.10 Å². The lowest BCUT2D eigenvalue weighted by molar-refractivity contribution is -0.127. The number of nitrogens with one attached hydrogen (secondary N) is 1. The number of rotatable bonds is 4. The molecule has 2 aromatic heterocycles. The lowest BCUT2D eigenvalue weighted by Crippen LogP contribution is -2.47. The second-order valence-electron chi connectivity index (χ2n) is 5.73. The molecule has 2 aromatic rings. The van der Waals surface area contributed by atoms with Gasteiger partial charge < -0.3 is 5.32 Å². The fourth-order valence-corrected chi connectivity index (χ4v) is 3.52. The number of carbonyl (C=O) groups is 1. The third-order valence-corrected chi connectivity index (χ3v) is 4.91. The van der Waals surface area contributed by atoms with Crippen LogP contribution in [-0.4, -0.2) is 45.2 Å². The Morgan fingerprint density at radius 3 is 3.05 bits per heavy atom. The fraction of sp³-hybridized carbons (Fsp3) is 0.533. The van der Waals surface area contributed by atoms with Crippen LogP contribution in [0.25, 0.3) is 10.7 Å². The molecule has 0 aromatic carbocycles. The van der Waals surface area contributed by atoms with Crippen LogP contribution in [0, 0.1) is 0 Å². The van der Waals surface area contributed by atoms with Gasteiger partial charge in [-0.3, -0.25) is 14.4 Å². The molecule has 1 amide bonds. The second-order valence-corrected chi connectivity index (χ2v) is 6.59. The first-order valence-electron chi connectivity index (χ1n) is 7.56. The van der Waals surface area contributed by atoms with Crippen molar-refractivity contribution in [2.75, 3.05) is 13.6 Å². The second kappa shape index (κ2) is 6.58. The van der Waals surface area contributed by atoms with E-state index in [0.29, 0.717) is 6.54 Å². The van der Waals surface area contributed by atoms with E-state index in [1.165, 1.54) is 6.42 Å². The van der Waals surface area contributed by atoms with E-state index in [4.69, 9.17) is 0 Å². The van der Waals surface area contributed by atoms with Crippen molar-refractivity contribution in [2.45, 2.75) is 31.8 Å². The van der Waals surface area contributed by atoms with E-state index in [9.17, 15) is 4.79 Å². The first-order valence-corrected chi connectivity index (χ1v) is 8.44. The lowest BCUT2D eigenvalue weighted by Gasteiger charge is -2.31. The Balaban J connectivity index is 1.57. The summed E-state index contributed by atoms with van der Waals surface area (Å²) in [5, 5.41) is 10.2. The van der Waals surface area contributed by atoms with Gasteiger partial charge in [-0.05, 0) is 32.5 Å². The highest BCUT2D eigenvalue weighted by Crippen LogP contribution is 2.21. The number of aryl methyl sites for hydroxylation is 1. The van der Waals surface area contributed by atoms with E-state index in [-0.39, 0.29) is 11.9 Å². The van der Waals surface area contributed by atoms with Gasteiger partial charge in [0.15, 0.2) is 0 Å². The van der Waals surface area contributed by atoms with E-state index < -0.39 is 0 Å². The highest BCUT2D eigenvalue weighted by Gasteiger charge is 2.25. The van der Waals surface area contributed by atoms with Crippen LogP contribution in [0.2, 0.25) is 0 Å². The van der Waals surface area contributed by atoms with Crippen LogP contribution in [0.4, 0.5) is 0 Å². The average molecular weight is 319 g/mol. The van der Waals surface area contributed by atoms with E-state index >= 15 is 0 Å². The van der Waals surface area contributed by atoms with Crippen molar-refractivity contribution in [3.8, 4) is 10.7 Å². The summed E-state index contributed by atoms with van der Waals surface area (Å²) < 4.78 is 1.76. The number of amides is 1. The molecule has 1 saturated heterocycles. The number of likely N-dealkylation sites (N-methyl/N-ethyl adjacent to an activating group) is 1. The van der Waals surface area contributed by atoms with Crippen LogP contribution in [-0.2, 0) is 18.4 Å². The molecule has 0 aliphatic carbocycles. The summed E-state index contributed by atoms with van der Waals surface area (Å²) in [5.74, 6) is 0.106. The van der Waals surface area contributed by atoms with Crippen molar-refractivity contribution in [3.05, 3.63) is 23.3 Å². The minimum absolute atomic E-state index is 0.00245. The Morgan fingerprint density at radius 1 is 1.45 bits per heavy atom. The Morgan fingerprint density at radius 2 is 2.32 bits per heavy atom. The largest absolute Gasteiger partial charge is 0.349 e. The van der Waals surface area contributed by atoms with Crippen molar-refractivity contribution >= 4 is 17.2 Å². The quantitative estimate of drug-likeness (QED) is 0.931. The Bertz CT molecular complexity index is 650. The molecule has 3 rings (SSSR count). The summed E-state index contributed by atoms with van der Waals surface area (Å²) in [6.45, 7) is 1.48. The van der Waals surface area contributed by atoms with Gasteiger partial charge in [0.2, 0.25) is 5.91 Å². The molecule has 0 unspecified atom stereocenters. The summed E-state index contributed by atoms with van der Waals surface area (Å²) in [4.78, 5) is 19.0. The molecule has 6 nitrogen and oxygen atoms in total. The number of aromatic nitrogens is 3. The highest BCUT2D eigenvalue weighted by molar-refractivity contribution is 7.13. The van der Waals surface area contributed by atoms with Gasteiger partial charge in [-0.1, -0.05) is 6.42 Å². The maximum absolute atomic E-state index is 12.3. The molecule has 118 valence electrons. The van der Waals surface area contributed by atoms with Crippen LogP contribution in [0.1, 0.15) is 25.0 Å². The number of carbonyl (C=O) groups excluding carboxylic acids is 1. The van der Waals surface area contributed by atoms with Crippen LogP contribution < -0.4 is 5.32 Å². The van der Waals surface area contributed by atoms with Crippen LogP contribution in [0.5, 0.6) is 0 Å². The highest BCUT2D eigenvalue weighted by atomic mass is 32.1. The van der Waals surface area contributed by atoms with Crippen molar-refractivity contribution in [1.82, 2.24) is 25.0 Å². The zero-order chi connectivity index (χ0) is 15.5. The van der Waals surface area contributed by atoms with Crippen molar-refractivity contribution in [2.24, 2.45) is 7.05 Å². The Kier molecular flexibility index (Phi) is 4.54. The van der Waals surface area contributed by atoms with Crippen LogP contribution in [0.3, 0.4) is 0 Å². The lowest BCUT2D eigenvalue weighted by atomic mass is 10.0. The molecule has 1 fully saturated rings. The molecular weight excluding hydrogens is 298 g/mol. The molecule has 22 heavy (non-hydrogen) atoms. The van der Waals surface area contributed by atoms with Gasteiger partial charge in [-0.25, -0.2) is 4.98 Å². The summed E-state index contributed by atoms with van der Waals surface area (Å²) >= 11 is 1.56. The minimum Gasteiger partial charge on any atom is -0.349 e. The van der Waals surface area contributed by atoms with E-state index in [1.807, 2.05) is 31.7 Å². The summed E-state index contributed by atoms with van der Waals surface area (Å²) in [5.41, 5.74) is 1.76. The van der Waals surface area contributed by atoms with E-state index in [0.717, 1.165) is 35.8 Å². The molecule has 7 heteroatoms. The minimum atomic E-state index is 0.00245. The standard InChI is InChI=1S/C15H21N5OS/c1-19-7-4-3-5-13(19)14(21)16-9-11-10-22-15(17-11)12-6-8-20(2)18-12/h6,8,10,13H,3-5,7,9H2,1-2H3,(H,16,21)/t13-/m0/s1. The normalized spacial score (nSPS) is 19.3. The Hall–Kier alpha value is -1.73.